The maximum absolute atomic E-state index is 11.9. The minimum atomic E-state index is -0.0217. The van der Waals surface area contributed by atoms with Crippen LogP contribution in [0.4, 0.5) is 0 Å². The molecule has 0 atom stereocenters. The number of H-pyrrole nitrogens is 1. The van der Waals surface area contributed by atoms with Crippen LogP contribution in [0.2, 0.25) is 0 Å². The fraction of sp³-hybridized carbons (Fsp3) is 0.118. The van der Waals surface area contributed by atoms with Crippen molar-refractivity contribution in [3.05, 3.63) is 71.9 Å². The molecule has 0 fully saturated rings. The molecule has 1 amide bonds. The van der Waals surface area contributed by atoms with Gasteiger partial charge in [0.05, 0.1) is 0 Å². The maximum atomic E-state index is 11.9. The second-order valence-corrected chi connectivity index (χ2v) is 4.77. The van der Waals surface area contributed by atoms with Crippen LogP contribution in [0, 0.1) is 0 Å². The maximum Gasteiger partial charge on any atom is 0.251 e. The Kier molecular flexibility index (Phi) is 3.50. The smallest absolute Gasteiger partial charge is 0.251 e. The number of aromatic amines is 1. The molecule has 3 rings (SSSR count). The van der Waals surface area contributed by atoms with Crippen molar-refractivity contribution in [3.63, 3.8) is 0 Å². The van der Waals surface area contributed by atoms with Gasteiger partial charge >= 0.3 is 0 Å². The van der Waals surface area contributed by atoms with E-state index >= 15 is 0 Å². The van der Waals surface area contributed by atoms with Crippen LogP contribution in [-0.2, 0) is 6.42 Å². The van der Waals surface area contributed by atoms with Gasteiger partial charge in [0.2, 0.25) is 0 Å². The van der Waals surface area contributed by atoms with Gasteiger partial charge in [0.25, 0.3) is 5.91 Å². The average Bonchev–Trinajstić information content (AvgIpc) is 2.95. The summed E-state index contributed by atoms with van der Waals surface area (Å²) < 4.78 is 0. The molecule has 1 aromatic heterocycles. The van der Waals surface area contributed by atoms with Crippen molar-refractivity contribution in [2.75, 3.05) is 6.54 Å². The molecule has 0 aliphatic carbocycles. The average molecular weight is 264 g/mol. The number of rotatable bonds is 4. The van der Waals surface area contributed by atoms with Crippen LogP contribution in [0.1, 0.15) is 15.9 Å². The summed E-state index contributed by atoms with van der Waals surface area (Å²) in [5, 5.41) is 4.15. The Morgan fingerprint density at radius 1 is 1.05 bits per heavy atom. The number of amides is 1. The van der Waals surface area contributed by atoms with Gasteiger partial charge in [0.1, 0.15) is 0 Å². The first-order chi connectivity index (χ1) is 9.83. The number of nitrogens with one attached hydrogen (secondary N) is 2. The summed E-state index contributed by atoms with van der Waals surface area (Å²) in [6, 6.07) is 17.7. The van der Waals surface area contributed by atoms with E-state index in [4.69, 9.17) is 0 Å². The molecule has 0 aliphatic heterocycles. The highest BCUT2D eigenvalue weighted by Gasteiger charge is 2.03. The lowest BCUT2D eigenvalue weighted by molar-refractivity contribution is 0.0954. The van der Waals surface area contributed by atoms with Crippen LogP contribution < -0.4 is 5.32 Å². The van der Waals surface area contributed by atoms with Gasteiger partial charge in [-0.2, -0.15) is 0 Å². The van der Waals surface area contributed by atoms with Crippen molar-refractivity contribution < 1.29 is 4.79 Å². The molecule has 1 heterocycles. The summed E-state index contributed by atoms with van der Waals surface area (Å²) in [5.74, 6) is -0.0217. The van der Waals surface area contributed by atoms with Gasteiger partial charge in [0, 0.05) is 23.8 Å². The Bertz CT molecular complexity index is 716. The predicted octanol–water partition coefficient (Wildman–Crippen LogP) is 3.14. The summed E-state index contributed by atoms with van der Waals surface area (Å²) in [5.41, 5.74) is 3.05. The molecule has 3 heteroatoms. The van der Waals surface area contributed by atoms with Gasteiger partial charge in [-0.15, -0.1) is 0 Å². The van der Waals surface area contributed by atoms with Gasteiger partial charge in [0.15, 0.2) is 0 Å². The van der Waals surface area contributed by atoms with Crippen molar-refractivity contribution in [2.45, 2.75) is 6.42 Å². The highest BCUT2D eigenvalue weighted by Crippen LogP contribution is 2.14. The molecule has 100 valence electrons. The molecule has 0 bridgehead atoms. The zero-order valence-corrected chi connectivity index (χ0v) is 11.1. The molecule has 0 aliphatic rings. The van der Waals surface area contributed by atoms with E-state index < -0.39 is 0 Å². The zero-order valence-electron chi connectivity index (χ0n) is 11.1. The predicted molar refractivity (Wildman–Crippen MR) is 80.8 cm³/mol. The monoisotopic (exact) mass is 264 g/mol. The minimum absolute atomic E-state index is 0.0217. The molecule has 3 aromatic rings. The van der Waals surface area contributed by atoms with Gasteiger partial charge in [-0.25, -0.2) is 0 Å². The largest absolute Gasteiger partial charge is 0.361 e. The van der Waals surface area contributed by atoms with Gasteiger partial charge < -0.3 is 10.3 Å². The van der Waals surface area contributed by atoms with Crippen molar-refractivity contribution in [2.24, 2.45) is 0 Å². The number of benzene rings is 2. The first-order valence-electron chi connectivity index (χ1n) is 6.72. The Balaban J connectivity index is 1.58. The van der Waals surface area contributed by atoms with E-state index in [1.807, 2.05) is 36.5 Å². The van der Waals surface area contributed by atoms with Crippen LogP contribution in [0.5, 0.6) is 0 Å². The van der Waals surface area contributed by atoms with Crippen LogP contribution in [-0.4, -0.2) is 17.4 Å². The molecule has 0 radical (unpaired) electrons. The molecule has 2 N–H and O–H groups in total. The van der Waals surface area contributed by atoms with E-state index in [0.717, 1.165) is 11.9 Å². The molecule has 3 nitrogen and oxygen atoms in total. The summed E-state index contributed by atoms with van der Waals surface area (Å²) in [7, 11) is 0. The fourth-order valence-electron chi connectivity index (χ4n) is 2.26. The lowest BCUT2D eigenvalue weighted by Gasteiger charge is -2.05. The SMILES string of the molecule is O=C(NCCc1ccc2cc[nH]c2c1)c1ccccc1. The number of carbonyl (C=O) groups is 1. The number of carbonyl (C=O) groups excluding carboxylic acids is 1. The van der Waals surface area contributed by atoms with Crippen molar-refractivity contribution >= 4 is 16.8 Å². The number of fused-ring (bicyclic) bond motifs is 1. The van der Waals surface area contributed by atoms with E-state index in [2.05, 4.69) is 34.6 Å². The first-order valence-corrected chi connectivity index (χ1v) is 6.72. The van der Waals surface area contributed by atoms with Crippen molar-refractivity contribution in [3.8, 4) is 0 Å². The van der Waals surface area contributed by atoms with E-state index in [9.17, 15) is 4.79 Å². The Labute approximate surface area is 117 Å². The number of aromatic nitrogens is 1. The molecule has 0 unspecified atom stereocenters. The van der Waals surface area contributed by atoms with E-state index in [1.54, 1.807) is 0 Å². The highest BCUT2D eigenvalue weighted by molar-refractivity contribution is 5.94. The second kappa shape index (κ2) is 5.61. The summed E-state index contributed by atoms with van der Waals surface area (Å²) in [4.78, 5) is 15.1. The third-order valence-corrected chi connectivity index (χ3v) is 3.35. The normalized spacial score (nSPS) is 10.6. The molecule has 0 saturated heterocycles. The number of hydrogen-bond acceptors (Lipinski definition) is 1. The van der Waals surface area contributed by atoms with Crippen molar-refractivity contribution in [1.82, 2.24) is 10.3 Å². The first kappa shape index (κ1) is 12.5. The quantitative estimate of drug-likeness (QED) is 0.747. The Morgan fingerprint density at radius 3 is 2.75 bits per heavy atom. The second-order valence-electron chi connectivity index (χ2n) is 4.77. The van der Waals surface area contributed by atoms with Gasteiger partial charge in [-0.1, -0.05) is 30.3 Å². The lowest BCUT2D eigenvalue weighted by atomic mass is 10.1. The topological polar surface area (TPSA) is 44.9 Å². The molecular formula is C17H16N2O. The van der Waals surface area contributed by atoms with Crippen LogP contribution in [0.3, 0.4) is 0 Å². The molecule has 0 saturated carbocycles. The van der Waals surface area contributed by atoms with Crippen LogP contribution in [0.25, 0.3) is 10.9 Å². The zero-order chi connectivity index (χ0) is 13.8. The molecule has 2 aromatic carbocycles. The van der Waals surface area contributed by atoms with Crippen LogP contribution >= 0.6 is 0 Å². The fourth-order valence-corrected chi connectivity index (χ4v) is 2.26. The third kappa shape index (κ3) is 2.72. The Hall–Kier alpha value is -2.55. The lowest BCUT2D eigenvalue weighted by Crippen LogP contribution is -2.25. The molecule has 0 spiro atoms. The van der Waals surface area contributed by atoms with E-state index in [0.29, 0.717) is 12.1 Å². The minimum Gasteiger partial charge on any atom is -0.361 e. The van der Waals surface area contributed by atoms with E-state index in [1.165, 1.54) is 10.9 Å². The van der Waals surface area contributed by atoms with Crippen molar-refractivity contribution in [1.29, 1.82) is 0 Å². The van der Waals surface area contributed by atoms with Gasteiger partial charge in [-0.05, 0) is 41.6 Å². The summed E-state index contributed by atoms with van der Waals surface area (Å²) in [6.07, 6.45) is 2.76. The third-order valence-electron chi connectivity index (χ3n) is 3.35. The number of hydrogen-bond donors (Lipinski definition) is 2. The Morgan fingerprint density at radius 2 is 1.90 bits per heavy atom. The summed E-state index contributed by atoms with van der Waals surface area (Å²) in [6.45, 7) is 0.639. The highest BCUT2D eigenvalue weighted by atomic mass is 16.1. The summed E-state index contributed by atoms with van der Waals surface area (Å²) >= 11 is 0. The standard InChI is InChI=1S/C17H16N2O/c20-17(15-4-2-1-3-5-15)19-10-8-13-6-7-14-9-11-18-16(14)12-13/h1-7,9,11-12,18H,8,10H2,(H,19,20). The molecular weight excluding hydrogens is 248 g/mol. The van der Waals surface area contributed by atoms with Gasteiger partial charge in [-0.3, -0.25) is 4.79 Å². The van der Waals surface area contributed by atoms with Crippen LogP contribution in [0.15, 0.2) is 60.8 Å². The van der Waals surface area contributed by atoms with E-state index in [-0.39, 0.29) is 5.91 Å². The molecule has 20 heavy (non-hydrogen) atoms.